The van der Waals surface area contributed by atoms with Crippen molar-refractivity contribution >= 4 is 36.5 Å². The first kappa shape index (κ1) is 35.7. The van der Waals surface area contributed by atoms with Crippen LogP contribution in [0.15, 0.2) is 0 Å². The Morgan fingerprint density at radius 2 is 1.00 bits per heavy atom. The molecular formula is H2CoMgNiS. The molecule has 0 aliphatic heterocycles. The quantitative estimate of drug-likeness (QED) is 0.261. The van der Waals surface area contributed by atoms with Gasteiger partial charge in [0.25, 0.3) is 0 Å². The summed E-state index contributed by atoms with van der Waals surface area (Å²) in [5, 5.41) is 0. The molecule has 0 unspecified atom stereocenters. The first-order valence-electron chi connectivity index (χ1n) is 0. The molecule has 0 amide bonds. The molecule has 0 nitrogen and oxygen atoms in total. The zero-order valence-electron chi connectivity index (χ0n) is 2.10. The number of hydrogen-bond donors (Lipinski definition) is 0. The van der Waals surface area contributed by atoms with Crippen LogP contribution in [0, 0.1) is 0 Å². The standard InChI is InChI=1S/Co.Mg.Ni.H2S.H/h;;;1H2;/q;+1;;;/p-1. The summed E-state index contributed by atoms with van der Waals surface area (Å²) in [7, 11) is 0. The van der Waals surface area contributed by atoms with Crippen LogP contribution in [0.25, 0.3) is 0 Å². The van der Waals surface area contributed by atoms with Gasteiger partial charge in [-0.05, 0) is 0 Å². The van der Waals surface area contributed by atoms with Crippen LogP contribution >= 0.6 is 0 Å². The van der Waals surface area contributed by atoms with E-state index in [1.165, 1.54) is 0 Å². The molecule has 0 rings (SSSR count). The summed E-state index contributed by atoms with van der Waals surface area (Å²) in [5.74, 6) is 0. The Kier molecular flexibility index (Phi) is 173. The summed E-state index contributed by atoms with van der Waals surface area (Å²) in [6.07, 6.45) is 0. The van der Waals surface area contributed by atoms with Gasteiger partial charge in [0.05, 0.1) is 0 Å². The van der Waals surface area contributed by atoms with Crippen molar-refractivity contribution in [2.45, 2.75) is 0 Å². The third kappa shape index (κ3) is 8.93. The van der Waals surface area contributed by atoms with Gasteiger partial charge in [-0.1, -0.05) is 0 Å². The fraction of sp³-hybridized carbons (Fsp3) is 0. The van der Waals surface area contributed by atoms with Gasteiger partial charge < -0.3 is 13.5 Å². The van der Waals surface area contributed by atoms with Gasteiger partial charge in [0.1, 0.15) is 0 Å². The Labute approximate surface area is 69.2 Å². The van der Waals surface area contributed by atoms with E-state index in [0.29, 0.717) is 0 Å². The van der Waals surface area contributed by atoms with Gasteiger partial charge in [0.15, 0.2) is 0 Å². The molecule has 0 spiro atoms. The number of hydrogen-bond acceptors (Lipinski definition) is 1. The van der Waals surface area contributed by atoms with Gasteiger partial charge >= 0.3 is 23.1 Å². The van der Waals surface area contributed by atoms with Crippen molar-refractivity contribution in [3.05, 3.63) is 0 Å². The van der Waals surface area contributed by atoms with E-state index < -0.39 is 0 Å². The van der Waals surface area contributed by atoms with Gasteiger partial charge in [0.2, 0.25) is 0 Å². The fourth-order valence-corrected chi connectivity index (χ4v) is 0. The van der Waals surface area contributed by atoms with E-state index in [4.69, 9.17) is 0 Å². The van der Waals surface area contributed by atoms with Crippen LogP contribution in [-0.2, 0) is 46.8 Å². The molecule has 0 bridgehead atoms. The van der Waals surface area contributed by atoms with E-state index in [-0.39, 0.29) is 69.8 Å². The average molecular weight is 176 g/mol. The summed E-state index contributed by atoms with van der Waals surface area (Å²) in [6, 6.07) is 0. The van der Waals surface area contributed by atoms with Crippen molar-refractivity contribution in [2.75, 3.05) is 0 Å². The first-order chi connectivity index (χ1) is 0. The smallest absolute Gasteiger partial charge is 0 e. The predicted octanol–water partition coefficient (Wildman–Crippen LogP) is -0.924. The van der Waals surface area contributed by atoms with E-state index in [1.54, 1.807) is 0 Å². The molecule has 0 saturated heterocycles. The molecule has 0 atom stereocenters. The van der Waals surface area contributed by atoms with Crippen LogP contribution in [0.1, 0.15) is 0 Å². The van der Waals surface area contributed by atoms with Crippen molar-refractivity contribution < 1.29 is 33.3 Å². The second-order valence-corrected chi connectivity index (χ2v) is 0. The SMILES string of the molecule is [Co].[MgH+].[Ni].[SH-]. The summed E-state index contributed by atoms with van der Waals surface area (Å²) < 4.78 is 0. The zero-order valence-corrected chi connectivity index (χ0v) is 7.02. The molecule has 0 aromatic rings. The Bertz CT molecular complexity index is 8.00. The van der Waals surface area contributed by atoms with Crippen LogP contribution in [0.5, 0.6) is 0 Å². The maximum Gasteiger partial charge on any atom is 0 e. The average Bonchev–Trinajstić information content (AvgIpc) is 0. The molecule has 1 radical (unpaired) electrons. The molecule has 4 heavy (non-hydrogen) atoms. The molecular weight excluding hydrogens is 174 g/mol. The van der Waals surface area contributed by atoms with Crippen LogP contribution in [-0.4, -0.2) is 23.1 Å². The minimum absolute atomic E-state index is 0. The van der Waals surface area contributed by atoms with E-state index in [0.717, 1.165) is 0 Å². The predicted molar refractivity (Wildman–Crippen MR) is 15.9 cm³/mol. The maximum absolute atomic E-state index is 0. The summed E-state index contributed by atoms with van der Waals surface area (Å²) in [6.45, 7) is 0. The van der Waals surface area contributed by atoms with Gasteiger partial charge in [-0.15, -0.1) is 0 Å². The molecule has 0 aromatic carbocycles. The van der Waals surface area contributed by atoms with Crippen molar-refractivity contribution in [3.63, 3.8) is 0 Å². The maximum atomic E-state index is 0. The second kappa shape index (κ2) is 19.4. The molecule has 0 aliphatic rings. The van der Waals surface area contributed by atoms with E-state index in [2.05, 4.69) is 0 Å². The second-order valence-electron chi connectivity index (χ2n) is 0. The summed E-state index contributed by atoms with van der Waals surface area (Å²) in [4.78, 5) is 0. The van der Waals surface area contributed by atoms with Crippen molar-refractivity contribution in [1.82, 2.24) is 0 Å². The molecule has 0 fully saturated rings. The summed E-state index contributed by atoms with van der Waals surface area (Å²) >= 11 is 0. The van der Waals surface area contributed by atoms with E-state index in [9.17, 15) is 0 Å². The topological polar surface area (TPSA) is 0 Å². The van der Waals surface area contributed by atoms with E-state index in [1.807, 2.05) is 0 Å². The molecule has 0 saturated carbocycles. The third-order valence-corrected chi connectivity index (χ3v) is 0. The normalized spacial score (nSPS) is 0. The first-order valence-corrected chi connectivity index (χ1v) is 0. The zero-order chi connectivity index (χ0) is 0. The third-order valence-electron chi connectivity index (χ3n) is 0. The largest absolute Gasteiger partial charge is 0.813 e. The Hall–Kier alpha value is 2.12. The molecule has 0 aromatic heterocycles. The monoisotopic (exact) mass is 175 g/mol. The van der Waals surface area contributed by atoms with Crippen molar-refractivity contribution in [3.8, 4) is 0 Å². The van der Waals surface area contributed by atoms with Gasteiger partial charge in [-0.2, -0.15) is 0 Å². The minimum atomic E-state index is 0. The summed E-state index contributed by atoms with van der Waals surface area (Å²) in [5.41, 5.74) is 0. The molecule has 4 heteroatoms. The van der Waals surface area contributed by atoms with Crippen molar-refractivity contribution in [1.29, 1.82) is 0 Å². The Morgan fingerprint density at radius 3 is 1.00 bits per heavy atom. The number of thiol groups is 1. The molecule has 0 N–H and O–H groups in total. The molecule has 0 aliphatic carbocycles. The van der Waals surface area contributed by atoms with Gasteiger partial charge in [-0.25, -0.2) is 0 Å². The molecule has 29 valence electrons. The van der Waals surface area contributed by atoms with Gasteiger partial charge in [0, 0.05) is 33.3 Å². The van der Waals surface area contributed by atoms with Crippen LogP contribution < -0.4 is 0 Å². The fourth-order valence-electron chi connectivity index (χ4n) is 0. The Morgan fingerprint density at radius 1 is 1.00 bits per heavy atom. The Balaban J connectivity index is 0. The molecule has 0 heterocycles. The van der Waals surface area contributed by atoms with Crippen LogP contribution in [0.3, 0.4) is 0 Å². The van der Waals surface area contributed by atoms with Crippen molar-refractivity contribution in [2.24, 2.45) is 0 Å². The van der Waals surface area contributed by atoms with Crippen LogP contribution in [0.4, 0.5) is 0 Å². The van der Waals surface area contributed by atoms with Crippen LogP contribution in [0.2, 0.25) is 0 Å². The van der Waals surface area contributed by atoms with E-state index >= 15 is 0 Å². The minimum Gasteiger partial charge on any atom is -0.813 e. The number of rotatable bonds is 0. The van der Waals surface area contributed by atoms with Gasteiger partial charge in [-0.3, -0.25) is 0 Å².